The summed E-state index contributed by atoms with van der Waals surface area (Å²) in [6.45, 7) is 6.08. The zero-order valence-electron chi connectivity index (χ0n) is 16.1. The summed E-state index contributed by atoms with van der Waals surface area (Å²) < 4.78 is 1.69. The third-order valence-corrected chi connectivity index (χ3v) is 5.38. The number of hydrogen-bond donors (Lipinski definition) is 2. The SMILES string of the molecule is C=C1NC2=C(C(=O)CCC2)C(c2cnn(C)c2)C1C(=O)Nc1ccc(C)c[nH+]1. The molecule has 1 aliphatic heterocycles. The molecule has 2 aromatic rings. The van der Waals surface area contributed by atoms with Crippen molar-refractivity contribution in [3.05, 3.63) is 65.4 Å². The van der Waals surface area contributed by atoms with Gasteiger partial charge in [0, 0.05) is 48.6 Å². The molecule has 0 saturated carbocycles. The average molecular weight is 378 g/mol. The van der Waals surface area contributed by atoms with E-state index < -0.39 is 11.8 Å². The predicted octanol–water partition coefficient (Wildman–Crippen LogP) is 2.01. The van der Waals surface area contributed by atoms with Gasteiger partial charge in [-0.3, -0.25) is 9.48 Å². The second kappa shape index (κ2) is 7.07. The van der Waals surface area contributed by atoms with E-state index in [4.69, 9.17) is 0 Å². The van der Waals surface area contributed by atoms with E-state index in [9.17, 15) is 9.59 Å². The van der Waals surface area contributed by atoms with E-state index in [1.165, 1.54) is 0 Å². The van der Waals surface area contributed by atoms with Crippen molar-refractivity contribution >= 4 is 17.5 Å². The largest absolute Gasteiger partial charge is 0.362 e. The highest BCUT2D eigenvalue weighted by Gasteiger charge is 2.45. The van der Waals surface area contributed by atoms with Gasteiger partial charge in [-0.15, -0.1) is 0 Å². The van der Waals surface area contributed by atoms with Gasteiger partial charge in [0.1, 0.15) is 5.92 Å². The van der Waals surface area contributed by atoms with Crippen molar-refractivity contribution in [3.63, 3.8) is 0 Å². The Bertz CT molecular complexity index is 986. The van der Waals surface area contributed by atoms with Crippen LogP contribution in [-0.2, 0) is 16.6 Å². The van der Waals surface area contributed by atoms with Crippen molar-refractivity contribution in [2.24, 2.45) is 13.0 Å². The lowest BCUT2D eigenvalue weighted by atomic mass is 9.72. The number of aromatic amines is 1. The van der Waals surface area contributed by atoms with Crippen LogP contribution in [0.5, 0.6) is 0 Å². The maximum atomic E-state index is 13.2. The van der Waals surface area contributed by atoms with E-state index in [2.05, 4.69) is 27.3 Å². The molecule has 3 heterocycles. The molecule has 2 unspecified atom stereocenters. The number of carbonyl (C=O) groups excluding carboxylic acids is 2. The normalized spacial score (nSPS) is 21.9. The molecule has 0 fully saturated rings. The van der Waals surface area contributed by atoms with Crippen LogP contribution < -0.4 is 15.6 Å². The van der Waals surface area contributed by atoms with Crippen molar-refractivity contribution in [3.8, 4) is 0 Å². The van der Waals surface area contributed by atoms with Gasteiger partial charge in [-0.2, -0.15) is 5.10 Å². The van der Waals surface area contributed by atoms with Gasteiger partial charge in [0.05, 0.1) is 12.4 Å². The second-order valence-electron chi connectivity index (χ2n) is 7.49. The molecule has 7 nitrogen and oxygen atoms in total. The Balaban J connectivity index is 1.74. The van der Waals surface area contributed by atoms with Crippen LogP contribution in [0.1, 0.15) is 36.3 Å². The number of nitrogens with one attached hydrogen (secondary N) is 3. The smallest absolute Gasteiger partial charge is 0.317 e. The maximum Gasteiger partial charge on any atom is 0.317 e. The molecule has 0 aromatic carbocycles. The third kappa shape index (κ3) is 3.24. The molecule has 0 saturated heterocycles. The number of pyridine rings is 1. The summed E-state index contributed by atoms with van der Waals surface area (Å²) in [5.41, 5.74) is 4.10. The second-order valence-corrected chi connectivity index (χ2v) is 7.49. The number of carbonyl (C=O) groups is 2. The lowest BCUT2D eigenvalue weighted by Gasteiger charge is -2.37. The van der Waals surface area contributed by atoms with Gasteiger partial charge in [-0.25, -0.2) is 15.1 Å². The highest BCUT2D eigenvalue weighted by Crippen LogP contribution is 2.44. The first-order valence-electron chi connectivity index (χ1n) is 9.44. The number of aromatic nitrogens is 3. The van der Waals surface area contributed by atoms with Gasteiger partial charge in [0.25, 0.3) is 5.82 Å². The first-order valence-corrected chi connectivity index (χ1v) is 9.44. The molecule has 2 atom stereocenters. The van der Waals surface area contributed by atoms with Crippen molar-refractivity contribution in [1.82, 2.24) is 15.1 Å². The van der Waals surface area contributed by atoms with Crippen molar-refractivity contribution < 1.29 is 14.6 Å². The molecule has 0 spiro atoms. The van der Waals surface area contributed by atoms with Gasteiger partial charge in [0.15, 0.2) is 5.78 Å². The van der Waals surface area contributed by atoms with Gasteiger partial charge in [-0.1, -0.05) is 6.58 Å². The molecule has 1 amide bonds. The minimum Gasteiger partial charge on any atom is -0.362 e. The summed E-state index contributed by atoms with van der Waals surface area (Å²) in [5.74, 6) is -0.523. The van der Waals surface area contributed by atoms with E-state index in [1.807, 2.05) is 38.5 Å². The quantitative estimate of drug-likeness (QED) is 0.855. The fourth-order valence-corrected chi connectivity index (χ4v) is 4.05. The zero-order chi connectivity index (χ0) is 19.8. The fraction of sp³-hybridized carbons (Fsp3) is 0.333. The summed E-state index contributed by atoms with van der Waals surface area (Å²) in [4.78, 5) is 29.1. The highest BCUT2D eigenvalue weighted by atomic mass is 16.2. The van der Waals surface area contributed by atoms with E-state index in [-0.39, 0.29) is 11.7 Å². The van der Waals surface area contributed by atoms with E-state index >= 15 is 0 Å². The van der Waals surface area contributed by atoms with Crippen LogP contribution in [0.15, 0.2) is 54.3 Å². The number of H-pyrrole nitrogens is 1. The first kappa shape index (κ1) is 18.2. The first-order chi connectivity index (χ1) is 13.4. The van der Waals surface area contributed by atoms with Crippen LogP contribution in [0, 0.1) is 12.8 Å². The molecule has 0 radical (unpaired) electrons. The summed E-state index contributed by atoms with van der Waals surface area (Å²) >= 11 is 0. The number of hydrogen-bond acceptors (Lipinski definition) is 4. The van der Waals surface area contributed by atoms with Crippen LogP contribution in [0.25, 0.3) is 0 Å². The topological polar surface area (TPSA) is 90.2 Å². The standard InChI is InChI=1S/C21H23N5O2/c1-12-7-8-17(22-9-12)25-21(28)18-13(2)24-15-5-4-6-16(27)20(15)19(18)14-10-23-26(3)11-14/h7-11,18-19,24H,2,4-6H2,1,3H3,(H,22,25,28)/p+1. The maximum absolute atomic E-state index is 13.2. The van der Waals surface area contributed by atoms with Crippen molar-refractivity contribution in [2.45, 2.75) is 32.1 Å². The lowest BCUT2D eigenvalue weighted by molar-refractivity contribution is -0.361. The number of amides is 1. The Morgan fingerprint density at radius 3 is 2.89 bits per heavy atom. The summed E-state index contributed by atoms with van der Waals surface area (Å²) in [6.07, 6.45) is 7.53. The number of nitrogens with zero attached hydrogens (tertiary/aromatic N) is 2. The van der Waals surface area contributed by atoms with E-state index in [0.717, 1.165) is 29.7 Å². The molecule has 7 heteroatoms. The fourth-order valence-electron chi connectivity index (χ4n) is 4.05. The summed E-state index contributed by atoms with van der Waals surface area (Å²) in [6, 6.07) is 3.74. The Kier molecular flexibility index (Phi) is 4.58. The number of Topliss-reactive ketones (excluding diaryl/α,β-unsaturated/α-hetero) is 1. The van der Waals surface area contributed by atoms with Gasteiger partial charge >= 0.3 is 5.91 Å². The monoisotopic (exact) mass is 378 g/mol. The minimum absolute atomic E-state index is 0.0924. The molecule has 2 aromatic heterocycles. The molecule has 0 bridgehead atoms. The highest BCUT2D eigenvalue weighted by molar-refractivity contribution is 6.02. The predicted molar refractivity (Wildman–Crippen MR) is 104 cm³/mol. The number of aryl methyl sites for hydroxylation is 2. The Morgan fingerprint density at radius 1 is 1.39 bits per heavy atom. The minimum atomic E-state index is -0.611. The van der Waals surface area contributed by atoms with Crippen molar-refractivity contribution in [1.29, 1.82) is 0 Å². The lowest BCUT2D eigenvalue weighted by Crippen LogP contribution is -2.42. The van der Waals surface area contributed by atoms with E-state index in [1.54, 1.807) is 10.9 Å². The Labute approximate surface area is 163 Å². The number of ketones is 1. The summed E-state index contributed by atoms with van der Waals surface area (Å²) in [5, 5.41) is 10.4. The molecule has 144 valence electrons. The zero-order valence-corrected chi connectivity index (χ0v) is 16.1. The van der Waals surface area contributed by atoms with Crippen LogP contribution >= 0.6 is 0 Å². The number of anilines is 1. The van der Waals surface area contributed by atoms with Crippen LogP contribution in [0.3, 0.4) is 0 Å². The molecular weight excluding hydrogens is 354 g/mol. The third-order valence-electron chi connectivity index (χ3n) is 5.38. The van der Waals surface area contributed by atoms with Gasteiger partial charge in [0.2, 0.25) is 0 Å². The summed E-state index contributed by atoms with van der Waals surface area (Å²) in [7, 11) is 1.83. The van der Waals surface area contributed by atoms with Crippen LogP contribution in [0.2, 0.25) is 0 Å². The number of rotatable bonds is 3. The Morgan fingerprint density at radius 2 is 2.21 bits per heavy atom. The van der Waals surface area contributed by atoms with Gasteiger partial charge in [-0.05, 0) is 37.0 Å². The molecular formula is C21H24N5O2+. The number of allylic oxidation sites excluding steroid dienone is 2. The van der Waals surface area contributed by atoms with E-state index in [0.29, 0.717) is 23.5 Å². The average Bonchev–Trinajstić information content (AvgIpc) is 3.08. The van der Waals surface area contributed by atoms with Crippen LogP contribution in [-0.4, -0.2) is 21.5 Å². The van der Waals surface area contributed by atoms with Crippen molar-refractivity contribution in [2.75, 3.05) is 5.32 Å². The Hall–Kier alpha value is -3.22. The molecule has 4 rings (SSSR count). The molecule has 3 N–H and O–H groups in total. The molecule has 1 aliphatic carbocycles. The van der Waals surface area contributed by atoms with Crippen LogP contribution in [0.4, 0.5) is 5.82 Å². The van der Waals surface area contributed by atoms with Gasteiger partial charge < -0.3 is 5.32 Å². The molecule has 28 heavy (non-hydrogen) atoms. The molecule has 2 aliphatic rings.